The van der Waals surface area contributed by atoms with E-state index in [1.165, 1.54) is 77.0 Å². The molecule has 0 aliphatic rings. The molecule has 0 spiro atoms. The third-order valence-electron chi connectivity index (χ3n) is 9.30. The quantitative estimate of drug-likeness (QED) is 0.0350. The molecule has 0 heterocycles. The van der Waals surface area contributed by atoms with Gasteiger partial charge in [-0.05, 0) is 96.3 Å². The predicted molar refractivity (Wildman–Crippen MR) is 251 cm³/mol. The van der Waals surface area contributed by atoms with Crippen molar-refractivity contribution in [3.8, 4) is 0 Å². The summed E-state index contributed by atoms with van der Waals surface area (Å²) >= 11 is 0. The highest BCUT2D eigenvalue weighted by atomic mass is 16.6. The zero-order chi connectivity index (χ0) is 42.1. The molecule has 0 radical (unpaired) electrons. The average Bonchev–Trinajstić information content (AvgIpc) is 3.22. The van der Waals surface area contributed by atoms with Crippen LogP contribution in [0.5, 0.6) is 0 Å². The van der Waals surface area contributed by atoms with Crippen molar-refractivity contribution in [1.82, 2.24) is 0 Å². The van der Waals surface area contributed by atoms with Crippen molar-refractivity contribution in [2.75, 3.05) is 19.8 Å². The molecule has 328 valence electrons. The Bertz CT molecular complexity index is 1180. The van der Waals surface area contributed by atoms with Gasteiger partial charge < -0.3 is 14.2 Å². The second-order valence-corrected chi connectivity index (χ2v) is 14.9. The van der Waals surface area contributed by atoms with E-state index in [9.17, 15) is 9.59 Å². The zero-order valence-corrected chi connectivity index (χ0v) is 37.5. The maximum atomic E-state index is 12.7. The molecule has 5 heteroatoms. The van der Waals surface area contributed by atoms with Gasteiger partial charge in [-0.1, -0.05) is 188 Å². The van der Waals surface area contributed by atoms with E-state index in [4.69, 9.17) is 14.2 Å². The molecular weight excluding hydrogens is 717 g/mol. The van der Waals surface area contributed by atoms with Crippen molar-refractivity contribution >= 4 is 11.9 Å². The molecular formula is C53H86O5. The van der Waals surface area contributed by atoms with Crippen LogP contribution in [-0.4, -0.2) is 37.9 Å². The van der Waals surface area contributed by atoms with Crippen molar-refractivity contribution in [3.63, 3.8) is 0 Å². The number of ether oxygens (including phenoxy) is 3. The summed E-state index contributed by atoms with van der Waals surface area (Å²) in [6.07, 6.45) is 65.5. The Morgan fingerprint density at radius 2 is 0.776 bits per heavy atom. The molecule has 0 fully saturated rings. The summed E-state index contributed by atoms with van der Waals surface area (Å²) in [4.78, 5) is 25.2. The number of carbonyl (C=O) groups is 2. The van der Waals surface area contributed by atoms with Gasteiger partial charge in [0.05, 0.1) is 6.61 Å². The topological polar surface area (TPSA) is 61.8 Å². The lowest BCUT2D eigenvalue weighted by atomic mass is 10.1. The van der Waals surface area contributed by atoms with E-state index in [2.05, 4.69) is 118 Å². The molecule has 0 amide bonds. The van der Waals surface area contributed by atoms with E-state index in [0.29, 0.717) is 19.4 Å². The third kappa shape index (κ3) is 45.3. The fourth-order valence-corrected chi connectivity index (χ4v) is 5.88. The summed E-state index contributed by atoms with van der Waals surface area (Å²) in [5, 5.41) is 0. The van der Waals surface area contributed by atoms with Gasteiger partial charge in [-0.15, -0.1) is 0 Å². The number of esters is 2. The minimum absolute atomic E-state index is 0.0101. The highest BCUT2D eigenvalue weighted by Gasteiger charge is 2.17. The first-order valence-electron chi connectivity index (χ1n) is 23.4. The Hall–Kier alpha value is -3.44. The molecule has 0 aromatic carbocycles. The molecule has 0 aliphatic carbocycles. The number of unbranched alkanes of at least 4 members (excludes halogenated alkanes) is 12. The Balaban J connectivity index is 4.47. The van der Waals surface area contributed by atoms with Crippen molar-refractivity contribution in [3.05, 3.63) is 109 Å². The Labute approximate surface area is 357 Å². The predicted octanol–water partition coefficient (Wildman–Crippen LogP) is 15.7. The smallest absolute Gasteiger partial charge is 0.306 e. The van der Waals surface area contributed by atoms with Crippen LogP contribution in [0.3, 0.4) is 0 Å². The molecule has 0 saturated heterocycles. The largest absolute Gasteiger partial charge is 0.462 e. The summed E-state index contributed by atoms with van der Waals surface area (Å²) in [6.45, 7) is 7.40. The molecule has 1 atom stereocenters. The maximum Gasteiger partial charge on any atom is 0.306 e. The molecule has 0 aromatic heterocycles. The normalized spacial score (nSPS) is 13.2. The summed E-state index contributed by atoms with van der Waals surface area (Å²) in [5.41, 5.74) is 0. The van der Waals surface area contributed by atoms with E-state index in [1.807, 2.05) is 12.2 Å². The standard InChI is InChI=1S/C53H86O5/c1-4-7-10-13-16-19-22-25-26-27-30-33-36-39-42-45-48-56-49-51(58-53(55)47-44-41-38-35-32-29-24-21-18-15-12-9-6-3)50-57-52(54)46-43-40-37-34-31-28-23-20-17-14-11-8-5-2/h8-9,11-12,17-18,20-21,25-26,28-29,31-32,37-38,40-41,51H,4-7,10,13-16,19,22-24,27,30,33-36,39,42-50H2,1-3H3/b11-8-,12-9-,20-17-,21-18-,26-25-,31-28-,32-29-,40-37-,41-38-. The summed E-state index contributed by atoms with van der Waals surface area (Å²) in [5.74, 6) is -0.597. The van der Waals surface area contributed by atoms with Crippen molar-refractivity contribution < 1.29 is 23.8 Å². The molecule has 5 nitrogen and oxygen atoms in total. The number of hydrogen-bond acceptors (Lipinski definition) is 5. The van der Waals surface area contributed by atoms with E-state index in [1.54, 1.807) is 0 Å². The summed E-state index contributed by atoms with van der Waals surface area (Å²) in [6, 6.07) is 0. The number of carbonyl (C=O) groups excluding carboxylic acids is 2. The maximum absolute atomic E-state index is 12.7. The molecule has 58 heavy (non-hydrogen) atoms. The van der Waals surface area contributed by atoms with Gasteiger partial charge in [0, 0.05) is 19.4 Å². The van der Waals surface area contributed by atoms with Crippen LogP contribution in [0.2, 0.25) is 0 Å². The van der Waals surface area contributed by atoms with E-state index in [-0.39, 0.29) is 38.0 Å². The van der Waals surface area contributed by atoms with Gasteiger partial charge in [0.25, 0.3) is 0 Å². The molecule has 0 N–H and O–H groups in total. The molecule has 0 aromatic rings. The molecule has 0 rings (SSSR count). The Kier molecular flexibility index (Phi) is 45.1. The minimum atomic E-state index is -0.611. The van der Waals surface area contributed by atoms with Crippen LogP contribution in [0.4, 0.5) is 0 Å². The first kappa shape index (κ1) is 54.6. The van der Waals surface area contributed by atoms with Gasteiger partial charge in [0.1, 0.15) is 6.61 Å². The van der Waals surface area contributed by atoms with Gasteiger partial charge in [-0.25, -0.2) is 0 Å². The third-order valence-corrected chi connectivity index (χ3v) is 9.30. The van der Waals surface area contributed by atoms with Crippen molar-refractivity contribution in [2.24, 2.45) is 0 Å². The van der Waals surface area contributed by atoms with Gasteiger partial charge >= 0.3 is 11.9 Å². The van der Waals surface area contributed by atoms with Crippen LogP contribution in [0.15, 0.2) is 109 Å². The molecule has 0 saturated carbocycles. The lowest BCUT2D eigenvalue weighted by molar-refractivity contribution is -0.162. The summed E-state index contributed by atoms with van der Waals surface area (Å²) in [7, 11) is 0. The second-order valence-electron chi connectivity index (χ2n) is 14.9. The van der Waals surface area contributed by atoms with Crippen LogP contribution in [0.25, 0.3) is 0 Å². The minimum Gasteiger partial charge on any atom is -0.462 e. The Morgan fingerprint density at radius 3 is 1.24 bits per heavy atom. The van der Waals surface area contributed by atoms with Crippen LogP contribution >= 0.6 is 0 Å². The summed E-state index contributed by atoms with van der Waals surface area (Å²) < 4.78 is 17.2. The average molecular weight is 803 g/mol. The van der Waals surface area contributed by atoms with Crippen molar-refractivity contribution in [1.29, 1.82) is 0 Å². The van der Waals surface area contributed by atoms with Gasteiger partial charge in [0.2, 0.25) is 0 Å². The fraction of sp³-hybridized carbons (Fsp3) is 0.623. The van der Waals surface area contributed by atoms with Crippen LogP contribution in [0.1, 0.15) is 188 Å². The van der Waals surface area contributed by atoms with Gasteiger partial charge in [-0.3, -0.25) is 9.59 Å². The van der Waals surface area contributed by atoms with Gasteiger partial charge in [0.15, 0.2) is 6.10 Å². The highest BCUT2D eigenvalue weighted by Crippen LogP contribution is 2.11. The van der Waals surface area contributed by atoms with Crippen LogP contribution < -0.4 is 0 Å². The van der Waals surface area contributed by atoms with E-state index < -0.39 is 6.10 Å². The molecule has 0 bridgehead atoms. The number of rotatable bonds is 41. The second kappa shape index (κ2) is 47.9. The first-order valence-corrected chi connectivity index (χ1v) is 23.4. The molecule has 0 aliphatic heterocycles. The first-order chi connectivity index (χ1) is 28.6. The van der Waals surface area contributed by atoms with E-state index in [0.717, 1.165) is 64.2 Å². The van der Waals surface area contributed by atoms with Crippen LogP contribution in [0, 0.1) is 0 Å². The number of hydrogen-bond donors (Lipinski definition) is 0. The Morgan fingerprint density at radius 1 is 0.397 bits per heavy atom. The van der Waals surface area contributed by atoms with Crippen molar-refractivity contribution in [2.45, 2.75) is 194 Å². The van der Waals surface area contributed by atoms with E-state index >= 15 is 0 Å². The van der Waals surface area contributed by atoms with Gasteiger partial charge in [-0.2, -0.15) is 0 Å². The lowest BCUT2D eigenvalue weighted by Gasteiger charge is -2.18. The number of allylic oxidation sites excluding steroid dienone is 18. The zero-order valence-electron chi connectivity index (χ0n) is 37.5. The highest BCUT2D eigenvalue weighted by molar-refractivity contribution is 5.70. The lowest BCUT2D eigenvalue weighted by Crippen LogP contribution is -2.30. The molecule has 1 unspecified atom stereocenters. The fourth-order valence-electron chi connectivity index (χ4n) is 5.88. The van der Waals surface area contributed by atoms with Crippen LogP contribution in [-0.2, 0) is 23.8 Å². The monoisotopic (exact) mass is 803 g/mol. The SMILES string of the molecule is CC/C=C\C/C=C\C/C=C\C/C=C\CCC(=O)OCC(COCCCCCCCC/C=C\CCCCCCCC)OC(=O)CC/C=C\C/C=C\C/C=C\C/C=C\CC.